The van der Waals surface area contributed by atoms with Crippen molar-refractivity contribution in [3.8, 4) is 0 Å². The van der Waals surface area contributed by atoms with Gasteiger partial charge in [-0.25, -0.2) is 17.9 Å². The number of likely N-dealkylation sites (tertiary alicyclic amines) is 1. The van der Waals surface area contributed by atoms with Crippen LogP contribution in [-0.2, 0) is 34.6 Å². The number of rotatable bonds is 10. The van der Waals surface area contributed by atoms with Gasteiger partial charge in [0.1, 0.15) is 23.2 Å². The number of aromatic nitrogens is 3. The van der Waals surface area contributed by atoms with Crippen molar-refractivity contribution in [3.05, 3.63) is 11.9 Å². The van der Waals surface area contributed by atoms with E-state index < -0.39 is 80.2 Å². The van der Waals surface area contributed by atoms with Crippen molar-refractivity contribution in [2.75, 3.05) is 18.1 Å². The van der Waals surface area contributed by atoms with Crippen LogP contribution in [-0.4, -0.2) is 104 Å². The minimum absolute atomic E-state index is 0.0492. The quantitative estimate of drug-likeness (QED) is 0.202. The Hall–Kier alpha value is -3.60. The van der Waals surface area contributed by atoms with Crippen LogP contribution in [0.5, 0.6) is 0 Å². The fraction of sp³-hybridized carbons (Fsp3) is 0.741. The Labute approximate surface area is 255 Å². The Kier molecular flexibility index (Phi) is 9.68. The summed E-state index contributed by atoms with van der Waals surface area (Å²) in [7, 11) is -3.51. The van der Waals surface area contributed by atoms with Gasteiger partial charge in [0, 0.05) is 13.0 Å². The van der Waals surface area contributed by atoms with E-state index in [9.17, 15) is 42.6 Å². The van der Waals surface area contributed by atoms with Gasteiger partial charge in [-0.1, -0.05) is 37.3 Å². The summed E-state index contributed by atoms with van der Waals surface area (Å²) >= 11 is 0. The van der Waals surface area contributed by atoms with Gasteiger partial charge in [-0.2, -0.15) is 0 Å². The third-order valence-corrected chi connectivity index (χ3v) is 10.7. The molecule has 1 saturated carbocycles. The molecular formula is C27H41N7O9S. The highest BCUT2D eigenvalue weighted by atomic mass is 32.2. The number of amides is 4. The summed E-state index contributed by atoms with van der Waals surface area (Å²) in [6, 6.07) is -3.09. The van der Waals surface area contributed by atoms with Gasteiger partial charge in [0.2, 0.25) is 17.6 Å². The molecule has 4 rings (SSSR count). The first-order valence-electron chi connectivity index (χ1n) is 14.8. The lowest BCUT2D eigenvalue weighted by molar-refractivity contribution is -0.145. The predicted molar refractivity (Wildman–Crippen MR) is 154 cm³/mol. The first-order valence-corrected chi connectivity index (χ1v) is 16.6. The van der Waals surface area contributed by atoms with E-state index in [0.717, 1.165) is 32.1 Å². The third kappa shape index (κ3) is 7.36. The van der Waals surface area contributed by atoms with Crippen molar-refractivity contribution in [1.82, 2.24) is 30.5 Å². The Morgan fingerprint density at radius 3 is 2.34 bits per heavy atom. The molecule has 0 aromatic carbocycles. The van der Waals surface area contributed by atoms with Crippen LogP contribution in [0.2, 0.25) is 0 Å². The van der Waals surface area contributed by atoms with Crippen LogP contribution >= 0.6 is 0 Å². The first-order chi connectivity index (χ1) is 20.5. The molecule has 3 aliphatic rings. The second-order valence-corrected chi connectivity index (χ2v) is 15.0. The Bertz CT molecular complexity index is 1380. The minimum atomic E-state index is -3.51. The van der Waals surface area contributed by atoms with Gasteiger partial charge in [0.05, 0.1) is 29.4 Å². The number of ketones is 1. The monoisotopic (exact) mass is 639 g/mol. The number of primary amides is 1. The lowest BCUT2D eigenvalue weighted by atomic mass is 9.84. The summed E-state index contributed by atoms with van der Waals surface area (Å²) in [5.41, 5.74) is 2.34. The molecule has 0 bridgehead atoms. The predicted octanol–water partition coefficient (Wildman–Crippen LogP) is -0.628. The van der Waals surface area contributed by atoms with Crippen LogP contribution in [0.1, 0.15) is 83.4 Å². The number of hydrogen-bond acceptors (Lipinski definition) is 10. The maximum Gasteiger partial charge on any atom is 0.405 e. The lowest BCUT2D eigenvalue weighted by Crippen LogP contribution is -2.64. The van der Waals surface area contributed by atoms with E-state index in [1.165, 1.54) is 29.6 Å². The molecule has 1 aromatic rings. The summed E-state index contributed by atoms with van der Waals surface area (Å²) in [4.78, 5) is 65.9. The van der Waals surface area contributed by atoms with Crippen LogP contribution in [0.25, 0.3) is 0 Å². The van der Waals surface area contributed by atoms with Crippen LogP contribution < -0.4 is 16.4 Å². The van der Waals surface area contributed by atoms with Gasteiger partial charge < -0.3 is 31.5 Å². The van der Waals surface area contributed by atoms with Crippen molar-refractivity contribution >= 4 is 39.4 Å². The molecular weight excluding hydrogens is 598 g/mol. The number of nitrogens with one attached hydrogen (secondary N) is 2. The molecule has 1 aliphatic carbocycles. The third-order valence-electron chi connectivity index (χ3n) is 9.00. The number of sulfone groups is 1. The van der Waals surface area contributed by atoms with E-state index >= 15 is 0 Å². The number of carbonyl (C=O) groups is 5. The first kappa shape index (κ1) is 33.3. The molecule has 0 unspecified atom stereocenters. The highest BCUT2D eigenvalue weighted by Gasteiger charge is 2.50. The van der Waals surface area contributed by atoms with Crippen molar-refractivity contribution in [2.24, 2.45) is 11.7 Å². The Balaban J connectivity index is 1.68. The van der Waals surface area contributed by atoms with Crippen molar-refractivity contribution in [2.45, 2.75) is 101 Å². The summed E-state index contributed by atoms with van der Waals surface area (Å²) in [5, 5.41) is 33.1. The number of nitrogens with zero attached hydrogens (tertiary/aromatic N) is 4. The van der Waals surface area contributed by atoms with E-state index in [2.05, 4.69) is 20.9 Å². The summed E-state index contributed by atoms with van der Waals surface area (Å²) in [6.45, 7) is 2.95. The average molecular weight is 640 g/mol. The number of aliphatic hydroxyl groups is 1. The van der Waals surface area contributed by atoms with Gasteiger partial charge in [-0.3, -0.25) is 19.2 Å². The van der Waals surface area contributed by atoms with Gasteiger partial charge in [-0.15, -0.1) is 5.10 Å². The van der Waals surface area contributed by atoms with Crippen molar-refractivity contribution in [3.63, 3.8) is 0 Å². The fourth-order valence-corrected chi connectivity index (χ4v) is 8.13. The molecule has 2 saturated heterocycles. The summed E-state index contributed by atoms with van der Waals surface area (Å²) < 4.78 is 25.7. The van der Waals surface area contributed by atoms with E-state index in [-0.39, 0.29) is 38.1 Å². The van der Waals surface area contributed by atoms with Crippen LogP contribution in [0.4, 0.5) is 4.79 Å². The van der Waals surface area contributed by atoms with Crippen LogP contribution in [0.3, 0.4) is 0 Å². The number of nitrogens with two attached hydrogens (primary N) is 1. The zero-order chi connectivity index (χ0) is 32.4. The van der Waals surface area contributed by atoms with Gasteiger partial charge in [0.15, 0.2) is 9.84 Å². The summed E-state index contributed by atoms with van der Waals surface area (Å²) in [5.74, 6) is -4.76. The largest absolute Gasteiger partial charge is 0.465 e. The molecule has 2 aliphatic heterocycles. The van der Waals surface area contributed by atoms with E-state index in [0.29, 0.717) is 5.69 Å². The minimum Gasteiger partial charge on any atom is -0.465 e. The van der Waals surface area contributed by atoms with E-state index in [1.54, 1.807) is 0 Å². The van der Waals surface area contributed by atoms with E-state index in [4.69, 9.17) is 5.73 Å². The Morgan fingerprint density at radius 2 is 1.77 bits per heavy atom. The fourth-order valence-electron chi connectivity index (χ4n) is 6.61. The second-order valence-electron chi connectivity index (χ2n) is 12.7. The normalized spacial score (nSPS) is 24.3. The number of Topliss-reactive ketones (excluding diaryl/α,β-unsaturated/α-hetero) is 1. The maximum atomic E-state index is 14.1. The molecule has 6 N–H and O–H groups in total. The van der Waals surface area contributed by atoms with Gasteiger partial charge >= 0.3 is 6.09 Å². The number of hydrogen-bond donors (Lipinski definition) is 5. The van der Waals surface area contributed by atoms with E-state index in [1.807, 2.05) is 0 Å². The Morgan fingerprint density at radius 1 is 1.14 bits per heavy atom. The SMILES string of the molecule is CC(C)(O)c1cnnn1[C@H]1C[C@@H](C(=O)NC2(C(=O)C(N)=O)CCS(=O)(=O)CC2)N(C(=O)[C@@H](CC2CCCCC2)NC(=O)O)C1. The van der Waals surface area contributed by atoms with Gasteiger partial charge in [-0.05, 0) is 39.0 Å². The van der Waals surface area contributed by atoms with Gasteiger partial charge in [0.25, 0.3) is 5.91 Å². The lowest BCUT2D eigenvalue weighted by Gasteiger charge is -2.37. The molecule has 17 heteroatoms. The zero-order valence-corrected chi connectivity index (χ0v) is 25.7. The molecule has 0 radical (unpaired) electrons. The van der Waals surface area contributed by atoms with Crippen LogP contribution in [0, 0.1) is 5.92 Å². The number of carbonyl (C=O) groups excluding carboxylic acids is 4. The van der Waals surface area contributed by atoms with Crippen molar-refractivity contribution in [1.29, 1.82) is 0 Å². The molecule has 16 nitrogen and oxygen atoms in total. The topological polar surface area (TPSA) is 244 Å². The van der Waals surface area contributed by atoms with Crippen LogP contribution in [0.15, 0.2) is 6.20 Å². The molecule has 3 atom stereocenters. The molecule has 1 aromatic heterocycles. The summed E-state index contributed by atoms with van der Waals surface area (Å²) in [6.07, 6.45) is 4.08. The smallest absolute Gasteiger partial charge is 0.405 e. The molecule has 44 heavy (non-hydrogen) atoms. The number of carboxylic acid groups (broad SMARTS) is 1. The molecule has 244 valence electrons. The second kappa shape index (κ2) is 12.8. The maximum absolute atomic E-state index is 14.1. The molecule has 3 heterocycles. The standard InChI is InChI=1S/C27H41N7O9S/c1-26(2,41)20-14-29-32-34(20)17-13-19(23(37)31-27(21(35)22(28)36)8-10-44(42,43)11-9-27)33(15-17)24(38)18(30-25(39)40)12-16-6-4-3-5-7-16/h14,16-19,30,41H,3-13,15H2,1-2H3,(H2,28,36)(H,31,37)(H,39,40)/t17-,18+,19-/m0/s1. The highest BCUT2D eigenvalue weighted by Crippen LogP contribution is 2.34. The highest BCUT2D eigenvalue weighted by molar-refractivity contribution is 7.91. The van der Waals surface area contributed by atoms with Crippen molar-refractivity contribution < 1.29 is 42.6 Å². The average Bonchev–Trinajstić information content (AvgIpc) is 3.61. The molecule has 3 fully saturated rings. The molecule has 4 amide bonds. The molecule has 0 spiro atoms. The zero-order valence-electron chi connectivity index (χ0n) is 24.9.